The van der Waals surface area contributed by atoms with E-state index in [0.717, 1.165) is 4.47 Å². The number of benzene rings is 2. The van der Waals surface area contributed by atoms with Gasteiger partial charge in [-0.1, -0.05) is 34.1 Å². The molecule has 1 aliphatic heterocycles. The van der Waals surface area contributed by atoms with Crippen molar-refractivity contribution in [1.29, 1.82) is 0 Å². The average molecular weight is 379 g/mol. The molecule has 1 atom stereocenters. The zero-order valence-electron chi connectivity index (χ0n) is 12.2. The predicted octanol–water partition coefficient (Wildman–Crippen LogP) is 3.21. The Morgan fingerprint density at radius 1 is 1.13 bits per heavy atom. The third kappa shape index (κ3) is 4.16. The summed E-state index contributed by atoms with van der Waals surface area (Å²) in [5, 5.41) is 0. The lowest BCUT2D eigenvalue weighted by Crippen LogP contribution is -2.38. The van der Waals surface area contributed by atoms with Crippen LogP contribution in [0, 0.1) is 0 Å². The van der Waals surface area contributed by atoms with Gasteiger partial charge in [-0.3, -0.25) is 0 Å². The van der Waals surface area contributed by atoms with Crippen molar-refractivity contribution in [2.75, 3.05) is 19.8 Å². The van der Waals surface area contributed by atoms with Crippen molar-refractivity contribution < 1.29 is 23.7 Å². The van der Waals surface area contributed by atoms with Gasteiger partial charge >= 0.3 is 5.97 Å². The van der Waals surface area contributed by atoms with Crippen molar-refractivity contribution in [3.8, 4) is 17.2 Å². The van der Waals surface area contributed by atoms with Gasteiger partial charge in [-0.05, 0) is 30.3 Å². The molecule has 3 rings (SSSR count). The van der Waals surface area contributed by atoms with Crippen molar-refractivity contribution in [3.05, 3.63) is 53.0 Å². The van der Waals surface area contributed by atoms with Crippen LogP contribution in [-0.2, 0) is 9.53 Å². The quantitative estimate of drug-likeness (QED) is 0.590. The molecule has 0 spiro atoms. The molecule has 0 aliphatic carbocycles. The van der Waals surface area contributed by atoms with Crippen LogP contribution in [0.15, 0.2) is 53.0 Å². The van der Waals surface area contributed by atoms with E-state index in [1.807, 2.05) is 36.4 Å². The van der Waals surface area contributed by atoms with Crippen LogP contribution >= 0.6 is 15.9 Å². The number of hydrogen-bond donors (Lipinski definition) is 0. The lowest BCUT2D eigenvalue weighted by molar-refractivity contribution is -0.155. The Labute approximate surface area is 142 Å². The van der Waals surface area contributed by atoms with Crippen LogP contribution in [0.2, 0.25) is 0 Å². The topological polar surface area (TPSA) is 54.0 Å². The second-order valence-corrected chi connectivity index (χ2v) is 5.75. The molecule has 0 saturated carbocycles. The largest absolute Gasteiger partial charge is 0.490 e. The first-order chi connectivity index (χ1) is 11.2. The number of fused-ring (bicyclic) bond motifs is 1. The maximum Gasteiger partial charge on any atom is 0.351 e. The molecular formula is C17H15BrO5. The van der Waals surface area contributed by atoms with Gasteiger partial charge in [0, 0.05) is 4.47 Å². The van der Waals surface area contributed by atoms with Crippen molar-refractivity contribution in [1.82, 2.24) is 0 Å². The lowest BCUT2D eigenvalue weighted by atomic mass is 10.2. The Hall–Kier alpha value is -2.21. The highest BCUT2D eigenvalue weighted by Crippen LogP contribution is 2.31. The number of halogens is 1. The Morgan fingerprint density at radius 3 is 2.78 bits per heavy atom. The number of esters is 1. The van der Waals surface area contributed by atoms with Gasteiger partial charge in [0.15, 0.2) is 11.5 Å². The molecule has 0 aromatic heterocycles. The van der Waals surface area contributed by atoms with Crippen LogP contribution < -0.4 is 14.2 Å². The van der Waals surface area contributed by atoms with Crippen molar-refractivity contribution in [2.24, 2.45) is 0 Å². The van der Waals surface area contributed by atoms with Gasteiger partial charge in [-0.2, -0.15) is 0 Å². The summed E-state index contributed by atoms with van der Waals surface area (Å²) in [4.78, 5) is 12.0. The fourth-order valence-corrected chi connectivity index (χ4v) is 2.47. The summed E-state index contributed by atoms with van der Waals surface area (Å²) in [5.74, 6) is 1.43. The molecule has 1 heterocycles. The predicted molar refractivity (Wildman–Crippen MR) is 86.9 cm³/mol. The molecule has 0 N–H and O–H groups in total. The van der Waals surface area contributed by atoms with Crippen LogP contribution in [0.3, 0.4) is 0 Å². The van der Waals surface area contributed by atoms with Gasteiger partial charge < -0.3 is 18.9 Å². The Bertz CT molecular complexity index is 688. The molecule has 0 saturated heterocycles. The van der Waals surface area contributed by atoms with Gasteiger partial charge in [0.2, 0.25) is 6.10 Å². The Kier molecular flexibility index (Phi) is 5.02. The Morgan fingerprint density at radius 2 is 1.96 bits per heavy atom. The molecule has 2 aromatic carbocycles. The maximum atomic E-state index is 12.0. The number of para-hydroxylation sites is 2. The molecular weight excluding hydrogens is 364 g/mol. The van der Waals surface area contributed by atoms with E-state index >= 15 is 0 Å². The lowest BCUT2D eigenvalue weighted by Gasteiger charge is -2.24. The minimum Gasteiger partial charge on any atom is -0.490 e. The maximum absolute atomic E-state index is 12.0. The zero-order chi connectivity index (χ0) is 16.1. The molecule has 5 nitrogen and oxygen atoms in total. The van der Waals surface area contributed by atoms with E-state index < -0.39 is 12.1 Å². The molecule has 2 aromatic rings. The molecule has 0 fully saturated rings. The molecule has 6 heteroatoms. The minimum absolute atomic E-state index is 0.141. The summed E-state index contributed by atoms with van der Waals surface area (Å²) in [5.41, 5.74) is 0. The summed E-state index contributed by atoms with van der Waals surface area (Å²) in [7, 11) is 0. The second kappa shape index (κ2) is 7.37. The standard InChI is InChI=1S/C17H15BrO5/c18-12-4-3-5-13(10-12)20-8-9-21-17(19)16-11-22-14-6-1-2-7-15(14)23-16/h1-7,10,16H,8-9,11H2/t16-/m0/s1. The van der Waals surface area contributed by atoms with Gasteiger partial charge in [-0.25, -0.2) is 4.79 Å². The first kappa shape index (κ1) is 15.7. The van der Waals surface area contributed by atoms with Gasteiger partial charge in [0.25, 0.3) is 0 Å². The average Bonchev–Trinajstić information content (AvgIpc) is 2.58. The first-order valence-electron chi connectivity index (χ1n) is 7.16. The third-order valence-electron chi connectivity index (χ3n) is 3.16. The van der Waals surface area contributed by atoms with Crippen LogP contribution in [0.4, 0.5) is 0 Å². The van der Waals surface area contributed by atoms with E-state index in [1.165, 1.54) is 0 Å². The van der Waals surface area contributed by atoms with E-state index in [9.17, 15) is 4.79 Å². The van der Waals surface area contributed by atoms with E-state index in [2.05, 4.69) is 15.9 Å². The number of hydrogen-bond acceptors (Lipinski definition) is 5. The number of carbonyl (C=O) groups excluding carboxylic acids is 1. The Balaban J connectivity index is 1.43. The summed E-state index contributed by atoms with van der Waals surface area (Å²) in [6.07, 6.45) is -0.754. The monoisotopic (exact) mass is 378 g/mol. The molecule has 1 aliphatic rings. The molecule has 120 valence electrons. The van der Waals surface area contributed by atoms with E-state index in [-0.39, 0.29) is 19.8 Å². The van der Waals surface area contributed by atoms with Gasteiger partial charge in [0.05, 0.1) is 0 Å². The van der Waals surface area contributed by atoms with E-state index in [4.69, 9.17) is 18.9 Å². The zero-order valence-corrected chi connectivity index (χ0v) is 13.8. The summed E-state index contributed by atoms with van der Waals surface area (Å²) in [6.45, 7) is 0.557. The smallest absolute Gasteiger partial charge is 0.351 e. The summed E-state index contributed by atoms with van der Waals surface area (Å²) < 4.78 is 22.7. The van der Waals surface area contributed by atoms with Crippen LogP contribution in [0.1, 0.15) is 0 Å². The minimum atomic E-state index is -0.754. The van der Waals surface area contributed by atoms with Gasteiger partial charge in [0.1, 0.15) is 25.6 Å². The summed E-state index contributed by atoms with van der Waals surface area (Å²) in [6, 6.07) is 14.7. The van der Waals surface area contributed by atoms with Crippen LogP contribution in [-0.4, -0.2) is 31.9 Å². The van der Waals surface area contributed by atoms with Crippen LogP contribution in [0.5, 0.6) is 17.2 Å². The van der Waals surface area contributed by atoms with Crippen molar-refractivity contribution in [3.63, 3.8) is 0 Å². The number of rotatable bonds is 5. The normalized spacial score (nSPS) is 15.8. The molecule has 0 amide bonds. The fourth-order valence-electron chi connectivity index (χ4n) is 2.09. The van der Waals surface area contributed by atoms with Crippen molar-refractivity contribution in [2.45, 2.75) is 6.10 Å². The highest BCUT2D eigenvalue weighted by atomic mass is 79.9. The van der Waals surface area contributed by atoms with Crippen LogP contribution in [0.25, 0.3) is 0 Å². The summed E-state index contributed by atoms with van der Waals surface area (Å²) >= 11 is 3.36. The third-order valence-corrected chi connectivity index (χ3v) is 3.66. The first-order valence-corrected chi connectivity index (χ1v) is 7.95. The fraction of sp³-hybridized carbons (Fsp3) is 0.235. The highest BCUT2D eigenvalue weighted by Gasteiger charge is 2.28. The van der Waals surface area contributed by atoms with Crippen molar-refractivity contribution >= 4 is 21.9 Å². The van der Waals surface area contributed by atoms with E-state index in [0.29, 0.717) is 17.2 Å². The molecule has 0 bridgehead atoms. The van der Waals surface area contributed by atoms with Gasteiger partial charge in [-0.15, -0.1) is 0 Å². The SMILES string of the molecule is O=C(OCCOc1cccc(Br)c1)[C@@H]1COc2ccccc2O1. The highest BCUT2D eigenvalue weighted by molar-refractivity contribution is 9.10. The molecule has 0 radical (unpaired) electrons. The number of carbonyl (C=O) groups is 1. The number of ether oxygens (including phenoxy) is 4. The molecule has 23 heavy (non-hydrogen) atoms. The molecule has 0 unspecified atom stereocenters. The van der Waals surface area contributed by atoms with E-state index in [1.54, 1.807) is 12.1 Å². The second-order valence-electron chi connectivity index (χ2n) is 4.84.